The normalized spacial score (nSPS) is 12.3. The molecule has 0 unspecified atom stereocenters. The number of fused-ring (bicyclic) bond motifs is 1. The second-order valence-electron chi connectivity index (χ2n) is 9.50. The number of carboxylic acids is 1. The maximum absolute atomic E-state index is 13.3. The molecule has 0 saturated heterocycles. The van der Waals surface area contributed by atoms with Gasteiger partial charge in [-0.15, -0.1) is 0 Å². The average molecular weight is 564 g/mol. The van der Waals surface area contributed by atoms with E-state index in [1.165, 1.54) is 12.1 Å². The lowest BCUT2D eigenvalue weighted by Gasteiger charge is -2.23. The third-order valence-electron chi connectivity index (χ3n) is 5.17. The first-order valence-corrected chi connectivity index (χ1v) is 11.7. The number of rotatable bonds is 5. The van der Waals surface area contributed by atoms with Gasteiger partial charge in [-0.05, 0) is 56.2 Å². The maximum Gasteiger partial charge on any atom is 0.490 e. The number of alkyl halides is 3. The Morgan fingerprint density at radius 1 is 1.07 bits per heavy atom. The van der Waals surface area contributed by atoms with Crippen molar-refractivity contribution in [2.75, 3.05) is 0 Å². The highest BCUT2D eigenvalue weighted by Gasteiger charge is 2.38. The van der Waals surface area contributed by atoms with Crippen molar-refractivity contribution in [3.8, 4) is 11.1 Å². The van der Waals surface area contributed by atoms with Crippen molar-refractivity contribution < 1.29 is 37.0 Å². The Bertz CT molecular complexity index is 1530. The van der Waals surface area contributed by atoms with E-state index in [1.54, 1.807) is 57.4 Å². The van der Waals surface area contributed by atoms with Crippen LogP contribution in [0.15, 0.2) is 59.7 Å². The number of carbonyl (C=O) groups excluding carboxylic acids is 1. The molecule has 40 heavy (non-hydrogen) atoms. The number of nitrogens with one attached hydrogen (secondary N) is 3. The van der Waals surface area contributed by atoms with Crippen molar-refractivity contribution in [2.45, 2.75) is 45.0 Å². The number of H-pyrrole nitrogens is 2. The third kappa shape index (κ3) is 8.38. The van der Waals surface area contributed by atoms with E-state index < -0.39 is 29.9 Å². The monoisotopic (exact) mass is 563 g/mol. The third-order valence-corrected chi connectivity index (χ3v) is 5.17. The summed E-state index contributed by atoms with van der Waals surface area (Å²) in [5.41, 5.74) is 1.88. The topological polar surface area (TPSA) is 150 Å². The molecule has 0 fully saturated rings. The summed E-state index contributed by atoms with van der Waals surface area (Å²) in [6.45, 7) is 5.28. The molecule has 4 rings (SSSR count). The number of carboxylic acid groups (broad SMARTS) is 1. The van der Waals surface area contributed by atoms with Crippen LogP contribution in [0.1, 0.15) is 38.2 Å². The highest BCUT2D eigenvalue weighted by molar-refractivity contribution is 5.83. The number of ether oxygens (including phenoxy) is 1. The molecule has 2 heterocycles. The molecule has 0 radical (unpaired) electrons. The van der Waals surface area contributed by atoms with Gasteiger partial charge in [-0.2, -0.15) is 18.3 Å². The minimum absolute atomic E-state index is 0.277. The molecule has 2 aromatic carbocycles. The number of nitrogens with zero attached hydrogens (tertiary/aromatic N) is 2. The van der Waals surface area contributed by atoms with Crippen LogP contribution in [-0.2, 0) is 16.0 Å². The molecule has 1 amide bonds. The quantitative estimate of drug-likeness (QED) is 0.252. The molecule has 14 heteroatoms. The predicted octanol–water partition coefficient (Wildman–Crippen LogP) is 4.89. The molecular formula is C26H25F4N5O5. The molecule has 10 nitrogen and oxygen atoms in total. The lowest BCUT2D eigenvalue weighted by atomic mass is 10.0. The Balaban J connectivity index is 0.000000559. The second kappa shape index (κ2) is 12.0. The van der Waals surface area contributed by atoms with Crippen LogP contribution in [0.5, 0.6) is 0 Å². The van der Waals surface area contributed by atoms with Crippen LogP contribution >= 0.6 is 0 Å². The van der Waals surface area contributed by atoms with E-state index in [2.05, 4.69) is 25.5 Å². The van der Waals surface area contributed by atoms with Gasteiger partial charge in [0.1, 0.15) is 17.2 Å². The van der Waals surface area contributed by atoms with Crippen LogP contribution < -0.4 is 10.9 Å². The molecule has 0 aliphatic rings. The number of halogens is 4. The zero-order valence-electron chi connectivity index (χ0n) is 21.5. The van der Waals surface area contributed by atoms with Crippen LogP contribution in [0.3, 0.4) is 0 Å². The van der Waals surface area contributed by atoms with Gasteiger partial charge in [-0.25, -0.2) is 19.0 Å². The molecule has 212 valence electrons. The average Bonchev–Trinajstić information content (AvgIpc) is 3.38. The summed E-state index contributed by atoms with van der Waals surface area (Å²) >= 11 is 0. The fourth-order valence-corrected chi connectivity index (χ4v) is 3.43. The van der Waals surface area contributed by atoms with Crippen LogP contribution in [0.2, 0.25) is 0 Å². The minimum Gasteiger partial charge on any atom is -0.475 e. The summed E-state index contributed by atoms with van der Waals surface area (Å²) in [6.07, 6.45) is -2.05. The molecular weight excluding hydrogens is 538 g/mol. The van der Waals surface area contributed by atoms with Gasteiger partial charge in [-0.3, -0.25) is 9.89 Å². The molecule has 4 aromatic rings. The van der Waals surface area contributed by atoms with Crippen LogP contribution in [0.25, 0.3) is 22.0 Å². The Hall–Kier alpha value is -4.75. The number of aromatic amines is 2. The van der Waals surface area contributed by atoms with E-state index in [0.717, 1.165) is 16.7 Å². The Morgan fingerprint density at radius 2 is 1.73 bits per heavy atom. The van der Waals surface area contributed by atoms with E-state index in [1.807, 2.05) is 6.07 Å². The second-order valence-corrected chi connectivity index (χ2v) is 9.50. The van der Waals surface area contributed by atoms with E-state index in [0.29, 0.717) is 10.9 Å². The van der Waals surface area contributed by atoms with Gasteiger partial charge >= 0.3 is 18.2 Å². The van der Waals surface area contributed by atoms with E-state index >= 15 is 0 Å². The van der Waals surface area contributed by atoms with Crippen LogP contribution in [-0.4, -0.2) is 49.1 Å². The SMILES string of the molecule is CC(C)(C)OC(=O)N[C@H](Cc1ccc(F)cc1)c1nc2ccc(-c3cn[nH]c3)cc2c(=O)[nH]1.O=C(O)C(F)(F)F. The molecule has 0 aliphatic heterocycles. The number of carbonyl (C=O) groups is 2. The van der Waals surface area contributed by atoms with Gasteiger partial charge < -0.3 is 20.1 Å². The molecule has 0 spiro atoms. The fourth-order valence-electron chi connectivity index (χ4n) is 3.43. The molecule has 0 saturated carbocycles. The number of hydrogen-bond acceptors (Lipinski definition) is 6. The van der Waals surface area contributed by atoms with Crippen molar-refractivity contribution >= 4 is 23.0 Å². The molecule has 0 aliphatic carbocycles. The zero-order chi connectivity index (χ0) is 29.7. The van der Waals surface area contributed by atoms with Gasteiger partial charge in [0.25, 0.3) is 5.56 Å². The minimum atomic E-state index is -5.08. The van der Waals surface area contributed by atoms with Crippen molar-refractivity contribution in [2.24, 2.45) is 0 Å². The highest BCUT2D eigenvalue weighted by Crippen LogP contribution is 2.23. The summed E-state index contributed by atoms with van der Waals surface area (Å²) in [5, 5.41) is 17.0. The number of aromatic nitrogens is 4. The van der Waals surface area contributed by atoms with Gasteiger partial charge in [-0.1, -0.05) is 18.2 Å². The number of hydrogen-bond donors (Lipinski definition) is 4. The summed E-state index contributed by atoms with van der Waals surface area (Å²) < 4.78 is 50.5. The van der Waals surface area contributed by atoms with Crippen molar-refractivity contribution in [1.29, 1.82) is 0 Å². The van der Waals surface area contributed by atoms with Gasteiger partial charge in [0, 0.05) is 18.2 Å². The van der Waals surface area contributed by atoms with E-state index in [9.17, 15) is 27.2 Å². The fraction of sp³-hybridized carbons (Fsp3) is 0.269. The van der Waals surface area contributed by atoms with E-state index in [4.69, 9.17) is 14.6 Å². The lowest BCUT2D eigenvalue weighted by Crippen LogP contribution is -2.37. The molecule has 4 N–H and O–H groups in total. The first-order valence-electron chi connectivity index (χ1n) is 11.7. The number of alkyl carbamates (subject to hydrolysis) is 1. The standard InChI is InChI=1S/C24H24FN5O3.C2HF3O2/c1-24(2,3)33-23(32)29-20(10-14-4-7-17(25)8-5-14)21-28-19-9-6-15(16-12-26-27-13-16)11-18(19)22(31)30-21;3-2(4,5)1(6)7/h4-9,11-13,20H,10H2,1-3H3,(H,26,27)(H,29,32)(H,28,30,31);(H,6,7)/t20-;/m1./s1. The van der Waals surface area contributed by atoms with Gasteiger partial charge in [0.05, 0.1) is 23.1 Å². The number of aliphatic carboxylic acids is 1. The first kappa shape index (κ1) is 29.8. The van der Waals surface area contributed by atoms with Crippen LogP contribution in [0, 0.1) is 5.82 Å². The van der Waals surface area contributed by atoms with Crippen molar-refractivity contribution in [1.82, 2.24) is 25.5 Å². The van der Waals surface area contributed by atoms with Crippen molar-refractivity contribution in [3.63, 3.8) is 0 Å². The molecule has 2 aromatic heterocycles. The largest absolute Gasteiger partial charge is 0.490 e. The summed E-state index contributed by atoms with van der Waals surface area (Å²) in [5.74, 6) is -2.84. The predicted molar refractivity (Wildman–Crippen MR) is 136 cm³/mol. The Morgan fingerprint density at radius 3 is 2.27 bits per heavy atom. The highest BCUT2D eigenvalue weighted by atomic mass is 19.4. The van der Waals surface area contributed by atoms with Gasteiger partial charge in [0.15, 0.2) is 0 Å². The molecule has 0 bridgehead atoms. The number of benzene rings is 2. The maximum atomic E-state index is 13.3. The summed E-state index contributed by atoms with van der Waals surface area (Å²) in [7, 11) is 0. The van der Waals surface area contributed by atoms with Crippen molar-refractivity contribution in [3.05, 3.63) is 82.4 Å². The molecule has 1 atom stereocenters. The Kier molecular flexibility index (Phi) is 8.92. The summed E-state index contributed by atoms with van der Waals surface area (Å²) in [4.78, 5) is 41.7. The Labute approximate surface area is 224 Å². The first-order chi connectivity index (χ1) is 18.6. The zero-order valence-corrected chi connectivity index (χ0v) is 21.5. The summed E-state index contributed by atoms with van der Waals surface area (Å²) in [6, 6.07) is 10.6. The lowest BCUT2D eigenvalue weighted by molar-refractivity contribution is -0.192. The smallest absolute Gasteiger partial charge is 0.475 e. The number of amides is 1. The van der Waals surface area contributed by atoms with Gasteiger partial charge in [0.2, 0.25) is 0 Å². The van der Waals surface area contributed by atoms with E-state index in [-0.39, 0.29) is 23.6 Å². The van der Waals surface area contributed by atoms with Crippen LogP contribution in [0.4, 0.5) is 22.4 Å².